The van der Waals surface area contributed by atoms with E-state index in [2.05, 4.69) is 10.4 Å². The van der Waals surface area contributed by atoms with Gasteiger partial charge < -0.3 is 10.4 Å². The predicted octanol–water partition coefficient (Wildman–Crippen LogP) is 3.04. The van der Waals surface area contributed by atoms with E-state index in [1.54, 1.807) is 6.20 Å². The van der Waals surface area contributed by atoms with E-state index >= 15 is 0 Å². The Hall–Kier alpha value is -2.92. The summed E-state index contributed by atoms with van der Waals surface area (Å²) in [5, 5.41) is 16.6. The average molecular weight is 349 g/mol. The number of carbonyl (C=O) groups excluding carboxylic acids is 1. The first kappa shape index (κ1) is 17.9. The zero-order chi connectivity index (χ0) is 18.2. The second-order valence-electron chi connectivity index (χ2n) is 6.17. The SMILES string of the molecule is O=C(CCc1cnn(-c2ccccc2)c1)NC(CCO)c1ccccc1. The van der Waals surface area contributed by atoms with Gasteiger partial charge in [-0.3, -0.25) is 4.79 Å². The number of amides is 1. The van der Waals surface area contributed by atoms with Crippen LogP contribution in [-0.4, -0.2) is 27.4 Å². The van der Waals surface area contributed by atoms with E-state index in [0.717, 1.165) is 16.8 Å². The van der Waals surface area contributed by atoms with Gasteiger partial charge in [0.1, 0.15) is 0 Å². The summed E-state index contributed by atoms with van der Waals surface area (Å²) in [6.45, 7) is 0.0314. The van der Waals surface area contributed by atoms with Gasteiger partial charge in [0.05, 0.1) is 17.9 Å². The first-order valence-corrected chi connectivity index (χ1v) is 8.80. The van der Waals surface area contributed by atoms with Gasteiger partial charge >= 0.3 is 0 Å². The molecule has 2 aromatic carbocycles. The molecule has 5 nitrogen and oxygen atoms in total. The van der Waals surface area contributed by atoms with Crippen molar-refractivity contribution in [1.29, 1.82) is 0 Å². The van der Waals surface area contributed by atoms with Crippen LogP contribution in [0.3, 0.4) is 0 Å². The fraction of sp³-hybridized carbons (Fsp3) is 0.238. The molecular formula is C21H23N3O2. The van der Waals surface area contributed by atoms with Crippen LogP contribution in [0.4, 0.5) is 0 Å². The summed E-state index contributed by atoms with van der Waals surface area (Å²) >= 11 is 0. The lowest BCUT2D eigenvalue weighted by Crippen LogP contribution is -2.29. The molecule has 3 rings (SSSR count). The van der Waals surface area contributed by atoms with Crippen LogP contribution in [0.15, 0.2) is 73.1 Å². The molecule has 0 aliphatic carbocycles. The van der Waals surface area contributed by atoms with Crippen molar-refractivity contribution in [3.63, 3.8) is 0 Å². The number of aryl methyl sites for hydroxylation is 1. The van der Waals surface area contributed by atoms with Gasteiger partial charge in [-0.2, -0.15) is 5.10 Å². The van der Waals surface area contributed by atoms with E-state index in [1.165, 1.54) is 0 Å². The van der Waals surface area contributed by atoms with E-state index in [9.17, 15) is 9.90 Å². The lowest BCUT2D eigenvalue weighted by molar-refractivity contribution is -0.121. The molecule has 2 N–H and O–H groups in total. The maximum Gasteiger partial charge on any atom is 0.220 e. The van der Waals surface area contributed by atoms with Crippen LogP contribution in [0.1, 0.15) is 30.0 Å². The van der Waals surface area contributed by atoms with E-state index < -0.39 is 0 Å². The molecule has 0 fully saturated rings. The second-order valence-corrected chi connectivity index (χ2v) is 6.17. The summed E-state index contributed by atoms with van der Waals surface area (Å²) in [6, 6.07) is 19.4. The Morgan fingerprint density at radius 2 is 1.77 bits per heavy atom. The molecule has 3 aromatic rings. The maximum absolute atomic E-state index is 12.3. The number of rotatable bonds is 8. The van der Waals surface area contributed by atoms with Crippen molar-refractivity contribution in [2.45, 2.75) is 25.3 Å². The number of para-hydroxylation sites is 1. The van der Waals surface area contributed by atoms with Crippen molar-refractivity contribution in [3.05, 3.63) is 84.2 Å². The highest BCUT2D eigenvalue weighted by atomic mass is 16.3. The number of aromatic nitrogens is 2. The molecule has 0 aliphatic rings. The lowest BCUT2D eigenvalue weighted by Gasteiger charge is -2.18. The Morgan fingerprint density at radius 3 is 2.46 bits per heavy atom. The Balaban J connectivity index is 1.56. The summed E-state index contributed by atoms with van der Waals surface area (Å²) in [5.74, 6) is -0.0280. The summed E-state index contributed by atoms with van der Waals surface area (Å²) in [7, 11) is 0. The average Bonchev–Trinajstić information content (AvgIpc) is 3.17. The number of benzene rings is 2. The van der Waals surface area contributed by atoms with E-state index in [4.69, 9.17) is 0 Å². The lowest BCUT2D eigenvalue weighted by atomic mass is 10.0. The molecule has 0 aliphatic heterocycles. The summed E-state index contributed by atoms with van der Waals surface area (Å²) in [6.07, 6.45) is 5.25. The normalized spacial score (nSPS) is 11.9. The van der Waals surface area contributed by atoms with Crippen molar-refractivity contribution >= 4 is 5.91 Å². The standard InChI is InChI=1S/C21H23N3O2/c25-14-13-20(18-7-3-1-4-8-18)23-21(26)12-11-17-15-22-24(16-17)19-9-5-2-6-10-19/h1-10,15-16,20,25H,11-14H2,(H,23,26). The molecule has 1 aromatic heterocycles. The van der Waals surface area contributed by atoms with Gasteiger partial charge in [-0.15, -0.1) is 0 Å². The van der Waals surface area contributed by atoms with Gasteiger partial charge in [-0.25, -0.2) is 4.68 Å². The molecule has 1 heterocycles. The van der Waals surface area contributed by atoms with Crippen molar-refractivity contribution in [2.24, 2.45) is 0 Å². The van der Waals surface area contributed by atoms with Crippen LogP contribution in [-0.2, 0) is 11.2 Å². The summed E-state index contributed by atoms with van der Waals surface area (Å²) in [5.41, 5.74) is 3.02. The van der Waals surface area contributed by atoms with Crippen molar-refractivity contribution in [1.82, 2.24) is 15.1 Å². The van der Waals surface area contributed by atoms with Crippen LogP contribution in [0.25, 0.3) is 5.69 Å². The molecule has 0 saturated carbocycles. The van der Waals surface area contributed by atoms with Gasteiger partial charge in [0.25, 0.3) is 0 Å². The minimum absolute atomic E-state index is 0.0280. The van der Waals surface area contributed by atoms with Crippen LogP contribution in [0, 0.1) is 0 Å². The molecule has 0 saturated heterocycles. The van der Waals surface area contributed by atoms with Gasteiger partial charge in [0, 0.05) is 19.2 Å². The Bertz CT molecular complexity index is 816. The molecule has 0 spiro atoms. The van der Waals surface area contributed by atoms with E-state index in [-0.39, 0.29) is 18.6 Å². The van der Waals surface area contributed by atoms with Crippen LogP contribution in [0.2, 0.25) is 0 Å². The molecule has 134 valence electrons. The molecule has 0 bridgehead atoms. The van der Waals surface area contributed by atoms with Crippen molar-refractivity contribution in [3.8, 4) is 5.69 Å². The summed E-state index contributed by atoms with van der Waals surface area (Å²) < 4.78 is 1.81. The number of nitrogens with one attached hydrogen (secondary N) is 1. The highest BCUT2D eigenvalue weighted by Gasteiger charge is 2.14. The minimum Gasteiger partial charge on any atom is -0.396 e. The monoisotopic (exact) mass is 349 g/mol. The fourth-order valence-corrected chi connectivity index (χ4v) is 2.87. The topological polar surface area (TPSA) is 67.2 Å². The van der Waals surface area contributed by atoms with Crippen LogP contribution in [0.5, 0.6) is 0 Å². The Kier molecular flexibility index (Phi) is 6.17. The Morgan fingerprint density at radius 1 is 1.08 bits per heavy atom. The minimum atomic E-state index is -0.166. The highest BCUT2D eigenvalue weighted by Crippen LogP contribution is 2.16. The molecule has 1 unspecified atom stereocenters. The third-order valence-corrected chi connectivity index (χ3v) is 4.25. The van der Waals surface area contributed by atoms with Crippen LogP contribution < -0.4 is 5.32 Å². The number of carbonyl (C=O) groups is 1. The zero-order valence-electron chi connectivity index (χ0n) is 14.6. The largest absolute Gasteiger partial charge is 0.396 e. The first-order valence-electron chi connectivity index (χ1n) is 8.80. The molecule has 1 atom stereocenters. The van der Waals surface area contributed by atoms with Crippen molar-refractivity contribution < 1.29 is 9.90 Å². The maximum atomic E-state index is 12.3. The quantitative estimate of drug-likeness (QED) is 0.657. The molecular weight excluding hydrogens is 326 g/mol. The fourth-order valence-electron chi connectivity index (χ4n) is 2.87. The van der Waals surface area contributed by atoms with Crippen molar-refractivity contribution in [2.75, 3.05) is 6.61 Å². The van der Waals surface area contributed by atoms with Gasteiger partial charge in [-0.1, -0.05) is 48.5 Å². The number of hydrogen-bond donors (Lipinski definition) is 2. The molecule has 0 radical (unpaired) electrons. The third kappa shape index (κ3) is 4.80. The third-order valence-electron chi connectivity index (χ3n) is 4.25. The van der Waals surface area contributed by atoms with Gasteiger partial charge in [0.15, 0.2) is 0 Å². The Labute approximate surface area is 153 Å². The first-order chi connectivity index (χ1) is 12.8. The smallest absolute Gasteiger partial charge is 0.220 e. The number of hydrogen-bond acceptors (Lipinski definition) is 3. The van der Waals surface area contributed by atoms with E-state index in [0.29, 0.717) is 19.3 Å². The second kappa shape index (κ2) is 8.97. The zero-order valence-corrected chi connectivity index (χ0v) is 14.6. The van der Waals surface area contributed by atoms with E-state index in [1.807, 2.05) is 71.5 Å². The molecule has 26 heavy (non-hydrogen) atoms. The number of aliphatic hydroxyl groups is 1. The number of aliphatic hydroxyl groups excluding tert-OH is 1. The highest BCUT2D eigenvalue weighted by molar-refractivity contribution is 5.76. The molecule has 5 heteroatoms. The summed E-state index contributed by atoms with van der Waals surface area (Å²) in [4.78, 5) is 12.3. The van der Waals surface area contributed by atoms with Gasteiger partial charge in [0.2, 0.25) is 5.91 Å². The molecule has 1 amide bonds. The predicted molar refractivity (Wildman–Crippen MR) is 101 cm³/mol. The number of nitrogens with zero attached hydrogens (tertiary/aromatic N) is 2. The van der Waals surface area contributed by atoms with Crippen LogP contribution >= 0.6 is 0 Å². The van der Waals surface area contributed by atoms with Gasteiger partial charge in [-0.05, 0) is 36.1 Å².